The highest BCUT2D eigenvalue weighted by molar-refractivity contribution is 5.62. The van der Waals surface area contributed by atoms with Crippen molar-refractivity contribution in [2.45, 2.75) is 6.61 Å². The molecule has 0 saturated heterocycles. The van der Waals surface area contributed by atoms with E-state index >= 15 is 0 Å². The summed E-state index contributed by atoms with van der Waals surface area (Å²) in [4.78, 5) is 2.27. The second-order valence-corrected chi connectivity index (χ2v) is 3.50. The molecule has 0 aliphatic carbocycles. The molecule has 2 aliphatic heterocycles. The van der Waals surface area contributed by atoms with Crippen molar-refractivity contribution in [2.24, 2.45) is 0 Å². The van der Waals surface area contributed by atoms with Gasteiger partial charge >= 0.3 is 0 Å². The molecule has 0 spiro atoms. The van der Waals surface area contributed by atoms with Crippen LogP contribution in [0, 0.1) is 0 Å². The minimum absolute atomic E-state index is 0.671. The number of anilines is 1. The van der Waals surface area contributed by atoms with Crippen LogP contribution < -0.4 is 4.90 Å². The summed E-state index contributed by atoms with van der Waals surface area (Å²) in [6.45, 7) is 1.62. The lowest BCUT2D eigenvalue weighted by atomic mass is 10.1. The highest BCUT2D eigenvalue weighted by Crippen LogP contribution is 2.30. The Morgan fingerprint density at radius 3 is 3.14 bits per heavy atom. The van der Waals surface area contributed by atoms with Gasteiger partial charge in [-0.05, 0) is 12.1 Å². The Labute approximate surface area is 83.1 Å². The summed E-state index contributed by atoms with van der Waals surface area (Å²) >= 11 is 0. The van der Waals surface area contributed by atoms with Crippen molar-refractivity contribution in [2.75, 3.05) is 11.4 Å². The van der Waals surface area contributed by atoms with Crippen molar-refractivity contribution in [3.8, 4) is 0 Å². The molecule has 2 nitrogen and oxygen atoms in total. The third-order valence-electron chi connectivity index (χ3n) is 2.61. The zero-order valence-electron chi connectivity index (χ0n) is 7.81. The molecule has 0 atom stereocenters. The molecule has 14 heavy (non-hydrogen) atoms. The van der Waals surface area contributed by atoms with E-state index in [1.165, 1.54) is 11.3 Å². The van der Waals surface area contributed by atoms with Crippen LogP contribution in [-0.2, 0) is 11.3 Å². The lowest BCUT2D eigenvalue weighted by Gasteiger charge is -2.19. The second-order valence-electron chi connectivity index (χ2n) is 3.50. The van der Waals surface area contributed by atoms with Crippen LogP contribution in [0.25, 0.3) is 0 Å². The Kier molecular flexibility index (Phi) is 1.60. The van der Waals surface area contributed by atoms with Crippen molar-refractivity contribution in [3.05, 3.63) is 53.9 Å². The summed E-state index contributed by atoms with van der Waals surface area (Å²) in [6, 6.07) is 8.38. The van der Waals surface area contributed by atoms with Crippen LogP contribution in [0.15, 0.2) is 48.4 Å². The van der Waals surface area contributed by atoms with Crippen LogP contribution in [-0.4, -0.2) is 6.54 Å². The van der Waals surface area contributed by atoms with Crippen molar-refractivity contribution in [1.29, 1.82) is 0 Å². The molecule has 1 aromatic rings. The monoisotopic (exact) mass is 185 g/mol. The summed E-state index contributed by atoms with van der Waals surface area (Å²) in [5.41, 5.74) is 3.67. The number of para-hydroxylation sites is 1. The van der Waals surface area contributed by atoms with E-state index < -0.39 is 0 Å². The van der Waals surface area contributed by atoms with Gasteiger partial charge in [-0.2, -0.15) is 0 Å². The van der Waals surface area contributed by atoms with E-state index in [2.05, 4.69) is 41.3 Å². The van der Waals surface area contributed by atoms with Crippen molar-refractivity contribution in [1.82, 2.24) is 0 Å². The van der Waals surface area contributed by atoms with Crippen LogP contribution in [0.2, 0.25) is 0 Å². The molecule has 0 bridgehead atoms. The molecule has 0 amide bonds. The van der Waals surface area contributed by atoms with Gasteiger partial charge in [0.25, 0.3) is 0 Å². The molecule has 0 unspecified atom stereocenters. The largest absolute Gasteiger partial charge is 0.494 e. The molecule has 2 heteroatoms. The molecule has 3 rings (SSSR count). The number of benzene rings is 1. The van der Waals surface area contributed by atoms with Crippen molar-refractivity contribution < 1.29 is 4.74 Å². The minimum atomic E-state index is 0.671. The molecule has 70 valence electrons. The SMILES string of the molecule is C1=CC2=COCc3ccccc3N2C1. The predicted octanol–water partition coefficient (Wildman–Crippen LogP) is 2.43. The van der Waals surface area contributed by atoms with Gasteiger partial charge in [0.2, 0.25) is 0 Å². The first-order chi connectivity index (χ1) is 6.95. The Balaban J connectivity index is 2.13. The molecule has 0 fully saturated rings. The van der Waals surface area contributed by atoms with E-state index in [9.17, 15) is 0 Å². The van der Waals surface area contributed by atoms with Gasteiger partial charge in [0.05, 0.1) is 5.70 Å². The number of hydrogen-bond donors (Lipinski definition) is 0. The minimum Gasteiger partial charge on any atom is -0.494 e. The summed E-state index contributed by atoms with van der Waals surface area (Å²) in [6.07, 6.45) is 6.09. The zero-order valence-corrected chi connectivity index (χ0v) is 7.81. The summed E-state index contributed by atoms with van der Waals surface area (Å²) < 4.78 is 5.48. The van der Waals surface area contributed by atoms with Gasteiger partial charge in [0, 0.05) is 17.8 Å². The summed E-state index contributed by atoms with van der Waals surface area (Å²) in [5.74, 6) is 0. The molecular weight excluding hydrogens is 174 g/mol. The van der Waals surface area contributed by atoms with Crippen LogP contribution in [0.4, 0.5) is 5.69 Å². The summed E-state index contributed by atoms with van der Waals surface area (Å²) in [7, 11) is 0. The molecule has 0 aromatic heterocycles. The maximum Gasteiger partial charge on any atom is 0.115 e. The van der Waals surface area contributed by atoms with Crippen molar-refractivity contribution >= 4 is 5.69 Å². The molecule has 2 heterocycles. The lowest BCUT2D eigenvalue weighted by molar-refractivity contribution is 0.237. The molecule has 2 aliphatic rings. The Hall–Kier alpha value is -1.70. The quantitative estimate of drug-likeness (QED) is 0.615. The van der Waals surface area contributed by atoms with E-state index in [0.717, 1.165) is 12.2 Å². The average molecular weight is 185 g/mol. The van der Waals surface area contributed by atoms with E-state index in [4.69, 9.17) is 4.74 Å². The maximum absolute atomic E-state index is 5.48. The van der Waals surface area contributed by atoms with E-state index in [0.29, 0.717) is 6.61 Å². The van der Waals surface area contributed by atoms with E-state index in [-0.39, 0.29) is 0 Å². The number of hydrogen-bond acceptors (Lipinski definition) is 2. The standard InChI is InChI=1S/C12H11NO/c1-2-6-12-10(4-1)8-14-9-11-5-3-7-13(11)12/h1-6,9H,7-8H2. The van der Waals surface area contributed by atoms with Crippen LogP contribution in [0.1, 0.15) is 5.56 Å². The third kappa shape index (κ3) is 1.04. The summed E-state index contributed by atoms with van der Waals surface area (Å²) in [5, 5.41) is 0. The van der Waals surface area contributed by atoms with Gasteiger partial charge in [-0.3, -0.25) is 0 Å². The Morgan fingerprint density at radius 2 is 2.14 bits per heavy atom. The fourth-order valence-electron chi connectivity index (χ4n) is 1.93. The Morgan fingerprint density at radius 1 is 1.21 bits per heavy atom. The highest BCUT2D eigenvalue weighted by atomic mass is 16.5. The fourth-order valence-corrected chi connectivity index (χ4v) is 1.93. The van der Waals surface area contributed by atoms with Crippen LogP contribution in [0.3, 0.4) is 0 Å². The van der Waals surface area contributed by atoms with Gasteiger partial charge in [0.15, 0.2) is 0 Å². The number of allylic oxidation sites excluding steroid dienone is 1. The number of nitrogens with zero attached hydrogens (tertiary/aromatic N) is 1. The number of ether oxygens (including phenoxy) is 1. The number of fused-ring (bicyclic) bond motifs is 3. The molecule has 0 saturated carbocycles. The van der Waals surface area contributed by atoms with Gasteiger partial charge in [-0.25, -0.2) is 0 Å². The first-order valence-electron chi connectivity index (χ1n) is 4.79. The maximum atomic E-state index is 5.48. The first kappa shape index (κ1) is 7.68. The van der Waals surface area contributed by atoms with Gasteiger partial charge in [0.1, 0.15) is 12.9 Å². The van der Waals surface area contributed by atoms with Gasteiger partial charge in [-0.1, -0.05) is 24.3 Å². The molecule has 1 aromatic carbocycles. The smallest absolute Gasteiger partial charge is 0.115 e. The average Bonchev–Trinajstić information content (AvgIpc) is 2.61. The van der Waals surface area contributed by atoms with Crippen LogP contribution >= 0.6 is 0 Å². The lowest BCUT2D eigenvalue weighted by Crippen LogP contribution is -2.17. The van der Waals surface area contributed by atoms with Gasteiger partial charge in [-0.15, -0.1) is 0 Å². The zero-order chi connectivity index (χ0) is 9.38. The van der Waals surface area contributed by atoms with Crippen molar-refractivity contribution in [3.63, 3.8) is 0 Å². The number of rotatable bonds is 0. The van der Waals surface area contributed by atoms with Crippen LogP contribution in [0.5, 0.6) is 0 Å². The Bertz CT molecular complexity index is 420. The van der Waals surface area contributed by atoms with Gasteiger partial charge < -0.3 is 9.64 Å². The molecular formula is C12H11NO. The second kappa shape index (κ2) is 2.91. The third-order valence-corrected chi connectivity index (χ3v) is 2.61. The highest BCUT2D eigenvalue weighted by Gasteiger charge is 2.19. The predicted molar refractivity (Wildman–Crippen MR) is 55.8 cm³/mol. The molecule has 0 N–H and O–H groups in total. The fraction of sp³-hybridized carbons (Fsp3) is 0.167. The van der Waals surface area contributed by atoms with E-state index in [1.807, 2.05) is 6.26 Å². The molecule has 0 radical (unpaired) electrons. The first-order valence-corrected chi connectivity index (χ1v) is 4.79. The van der Waals surface area contributed by atoms with E-state index in [1.54, 1.807) is 0 Å². The topological polar surface area (TPSA) is 12.5 Å². The normalized spacial score (nSPS) is 18.0.